The molecule has 2 aliphatic rings. The largest absolute Gasteiger partial charge is 0.335 e. The lowest BCUT2D eigenvalue weighted by Gasteiger charge is -2.28. The molecule has 0 N–H and O–H groups in total. The Morgan fingerprint density at radius 3 is 2.83 bits per heavy atom. The lowest BCUT2D eigenvalue weighted by molar-refractivity contribution is -0.128. The molecule has 0 bridgehead atoms. The van der Waals surface area contributed by atoms with Crippen LogP contribution >= 0.6 is 0 Å². The molecule has 0 radical (unpaired) electrons. The van der Waals surface area contributed by atoms with Crippen molar-refractivity contribution in [2.45, 2.75) is 32.5 Å². The minimum absolute atomic E-state index is 0.159. The highest BCUT2D eigenvalue weighted by Crippen LogP contribution is 2.18. The minimum Gasteiger partial charge on any atom is -0.335 e. The topological polar surface area (TPSA) is 97.1 Å². The van der Waals surface area contributed by atoms with Gasteiger partial charge in [0.1, 0.15) is 5.69 Å². The number of carbonyl (C=O) groups is 2. The van der Waals surface area contributed by atoms with Crippen LogP contribution in [0.15, 0.2) is 18.6 Å². The zero-order valence-corrected chi connectivity index (χ0v) is 13.1. The van der Waals surface area contributed by atoms with Gasteiger partial charge in [-0.05, 0) is 6.42 Å². The molecular formula is C15H17N7O2. The van der Waals surface area contributed by atoms with E-state index in [-0.39, 0.29) is 11.8 Å². The van der Waals surface area contributed by atoms with Gasteiger partial charge >= 0.3 is 0 Å². The molecule has 0 aromatic carbocycles. The zero-order valence-electron chi connectivity index (χ0n) is 13.1. The summed E-state index contributed by atoms with van der Waals surface area (Å²) in [7, 11) is 0. The van der Waals surface area contributed by atoms with Gasteiger partial charge in [0.15, 0.2) is 11.6 Å². The molecule has 4 heterocycles. The molecule has 9 heteroatoms. The summed E-state index contributed by atoms with van der Waals surface area (Å²) in [5, 5.41) is 8.41. The molecule has 0 atom stereocenters. The summed E-state index contributed by atoms with van der Waals surface area (Å²) in [5.41, 5.74) is 0.327. The molecule has 2 amide bonds. The average Bonchev–Trinajstić information content (AvgIpc) is 3.21. The number of amides is 2. The Labute approximate surface area is 138 Å². The van der Waals surface area contributed by atoms with Crippen LogP contribution in [0.5, 0.6) is 0 Å². The Hall–Kier alpha value is -2.84. The van der Waals surface area contributed by atoms with Crippen molar-refractivity contribution >= 4 is 11.8 Å². The van der Waals surface area contributed by atoms with Crippen molar-refractivity contribution in [1.29, 1.82) is 0 Å². The van der Waals surface area contributed by atoms with E-state index < -0.39 is 0 Å². The van der Waals surface area contributed by atoms with Gasteiger partial charge in [0, 0.05) is 38.4 Å². The zero-order chi connectivity index (χ0) is 16.5. The summed E-state index contributed by atoms with van der Waals surface area (Å²) < 4.78 is 2.01. The summed E-state index contributed by atoms with van der Waals surface area (Å²) in [6, 6.07) is 0. The van der Waals surface area contributed by atoms with E-state index in [1.165, 1.54) is 18.6 Å². The van der Waals surface area contributed by atoms with Crippen LogP contribution in [-0.2, 0) is 24.4 Å². The van der Waals surface area contributed by atoms with Crippen molar-refractivity contribution in [1.82, 2.24) is 34.5 Å². The van der Waals surface area contributed by atoms with Crippen LogP contribution in [0.2, 0.25) is 0 Å². The molecule has 2 aromatic rings. The maximum absolute atomic E-state index is 12.5. The van der Waals surface area contributed by atoms with Gasteiger partial charge in [-0.25, -0.2) is 4.98 Å². The first-order valence-corrected chi connectivity index (χ1v) is 7.96. The van der Waals surface area contributed by atoms with Gasteiger partial charge in [-0.2, -0.15) is 0 Å². The first-order chi connectivity index (χ1) is 11.7. The highest BCUT2D eigenvalue weighted by atomic mass is 16.2. The standard InChI is InChI=1S/C15H17N7O2/c23-14-2-1-5-20(14)9-12-18-19-13-10-21(6-7-22(12)13)15(24)11-8-16-3-4-17-11/h3-4,8H,1-2,5-7,9-10H2. The molecule has 1 saturated heterocycles. The Balaban J connectivity index is 1.48. The van der Waals surface area contributed by atoms with Crippen LogP contribution in [0.3, 0.4) is 0 Å². The second kappa shape index (κ2) is 5.99. The maximum atomic E-state index is 12.5. The summed E-state index contributed by atoms with van der Waals surface area (Å²) in [5.74, 6) is 1.53. The van der Waals surface area contributed by atoms with Crippen molar-refractivity contribution in [2.24, 2.45) is 0 Å². The summed E-state index contributed by atoms with van der Waals surface area (Å²) >= 11 is 0. The summed E-state index contributed by atoms with van der Waals surface area (Å²) in [6.07, 6.45) is 6.02. The van der Waals surface area contributed by atoms with Gasteiger partial charge in [-0.1, -0.05) is 0 Å². The third-order valence-electron chi connectivity index (χ3n) is 4.40. The van der Waals surface area contributed by atoms with Crippen molar-refractivity contribution in [3.8, 4) is 0 Å². The Bertz CT molecular complexity index is 773. The lowest BCUT2D eigenvalue weighted by atomic mass is 10.3. The monoisotopic (exact) mass is 327 g/mol. The molecule has 9 nitrogen and oxygen atoms in total. The molecule has 2 aliphatic heterocycles. The van der Waals surface area contributed by atoms with Gasteiger partial charge in [-0.15, -0.1) is 10.2 Å². The number of aromatic nitrogens is 5. The van der Waals surface area contributed by atoms with Gasteiger partial charge in [0.2, 0.25) is 5.91 Å². The summed E-state index contributed by atoms with van der Waals surface area (Å²) in [6.45, 7) is 2.83. The van der Waals surface area contributed by atoms with Gasteiger partial charge in [-0.3, -0.25) is 14.6 Å². The van der Waals surface area contributed by atoms with E-state index in [1.54, 1.807) is 4.90 Å². The van der Waals surface area contributed by atoms with E-state index in [0.29, 0.717) is 38.3 Å². The third-order valence-corrected chi connectivity index (χ3v) is 4.40. The SMILES string of the molecule is O=C1CCCN1Cc1nnc2n1CCN(C(=O)c1cnccn1)C2. The van der Waals surface area contributed by atoms with Crippen molar-refractivity contribution in [3.63, 3.8) is 0 Å². The maximum Gasteiger partial charge on any atom is 0.274 e. The van der Waals surface area contributed by atoms with E-state index >= 15 is 0 Å². The Kier molecular flexibility index (Phi) is 3.68. The molecule has 0 saturated carbocycles. The number of hydrogen-bond donors (Lipinski definition) is 0. The van der Waals surface area contributed by atoms with Gasteiger partial charge in [0.05, 0.1) is 19.3 Å². The van der Waals surface area contributed by atoms with Crippen molar-refractivity contribution < 1.29 is 9.59 Å². The molecule has 124 valence electrons. The van der Waals surface area contributed by atoms with Crippen LogP contribution in [0.25, 0.3) is 0 Å². The number of nitrogens with zero attached hydrogens (tertiary/aromatic N) is 7. The second-order valence-corrected chi connectivity index (χ2v) is 5.92. The smallest absolute Gasteiger partial charge is 0.274 e. The molecule has 24 heavy (non-hydrogen) atoms. The predicted octanol–water partition coefficient (Wildman–Crippen LogP) is -0.154. The van der Waals surface area contributed by atoms with E-state index in [0.717, 1.165) is 24.6 Å². The second-order valence-electron chi connectivity index (χ2n) is 5.92. The van der Waals surface area contributed by atoms with E-state index in [4.69, 9.17) is 0 Å². The fourth-order valence-electron chi connectivity index (χ4n) is 3.12. The lowest BCUT2D eigenvalue weighted by Crippen LogP contribution is -2.39. The Morgan fingerprint density at radius 1 is 1.17 bits per heavy atom. The molecule has 4 rings (SSSR count). The average molecular weight is 327 g/mol. The molecule has 1 fully saturated rings. The van der Waals surface area contributed by atoms with Crippen LogP contribution in [0.4, 0.5) is 0 Å². The van der Waals surface area contributed by atoms with Crippen LogP contribution in [-0.4, -0.2) is 59.4 Å². The molecule has 0 aliphatic carbocycles. The molecule has 0 unspecified atom stereocenters. The van der Waals surface area contributed by atoms with Crippen LogP contribution in [0, 0.1) is 0 Å². The number of carbonyl (C=O) groups excluding carboxylic acids is 2. The number of fused-ring (bicyclic) bond motifs is 1. The molecular weight excluding hydrogens is 310 g/mol. The van der Waals surface area contributed by atoms with E-state index in [9.17, 15) is 9.59 Å². The van der Waals surface area contributed by atoms with Crippen molar-refractivity contribution in [2.75, 3.05) is 13.1 Å². The highest BCUT2D eigenvalue weighted by Gasteiger charge is 2.28. The first-order valence-electron chi connectivity index (χ1n) is 7.96. The molecule has 0 spiro atoms. The number of hydrogen-bond acceptors (Lipinski definition) is 6. The first kappa shape index (κ1) is 14.7. The van der Waals surface area contributed by atoms with Crippen LogP contribution in [0.1, 0.15) is 35.0 Å². The summed E-state index contributed by atoms with van der Waals surface area (Å²) in [4.78, 5) is 35.7. The highest BCUT2D eigenvalue weighted by molar-refractivity contribution is 5.91. The predicted molar refractivity (Wildman–Crippen MR) is 81.4 cm³/mol. The van der Waals surface area contributed by atoms with Crippen molar-refractivity contribution in [3.05, 3.63) is 35.9 Å². The minimum atomic E-state index is -0.159. The van der Waals surface area contributed by atoms with E-state index in [1.807, 2.05) is 9.47 Å². The number of rotatable bonds is 3. The Morgan fingerprint density at radius 2 is 2.08 bits per heavy atom. The fraction of sp³-hybridized carbons (Fsp3) is 0.467. The molecule has 2 aromatic heterocycles. The number of likely N-dealkylation sites (tertiary alicyclic amines) is 1. The van der Waals surface area contributed by atoms with Gasteiger partial charge in [0.25, 0.3) is 5.91 Å². The quantitative estimate of drug-likeness (QED) is 0.777. The van der Waals surface area contributed by atoms with E-state index in [2.05, 4.69) is 20.2 Å². The van der Waals surface area contributed by atoms with Gasteiger partial charge < -0.3 is 14.4 Å². The van der Waals surface area contributed by atoms with Crippen LogP contribution < -0.4 is 0 Å². The third kappa shape index (κ3) is 2.61. The fourth-order valence-corrected chi connectivity index (χ4v) is 3.12. The normalized spacial score (nSPS) is 17.2.